The Morgan fingerprint density at radius 1 is 0.833 bits per heavy atom. The number of nitrogens with zero attached hydrogens (tertiary/aromatic N) is 4. The first-order chi connectivity index (χ1) is 5.00. The van der Waals surface area contributed by atoms with Crippen molar-refractivity contribution < 1.29 is 22.5 Å². The van der Waals surface area contributed by atoms with Gasteiger partial charge < -0.3 is 25.4 Å². The van der Waals surface area contributed by atoms with Gasteiger partial charge in [0.05, 0.1) is 0 Å². The van der Waals surface area contributed by atoms with E-state index in [1.807, 2.05) is 0 Å². The Bertz CT molecular complexity index is 159. The zero-order valence-electron chi connectivity index (χ0n) is 6.05. The molecule has 2 heterocycles. The summed E-state index contributed by atoms with van der Waals surface area (Å²) in [5, 5.41) is 0. The molecule has 0 atom stereocenters. The quantitative estimate of drug-likeness (QED) is 0.542. The Morgan fingerprint density at radius 2 is 1.25 bits per heavy atom. The average Bonchev–Trinajstić information content (AvgIpc) is 2.67. The summed E-state index contributed by atoms with van der Waals surface area (Å²) in [5.74, 6) is 0. The second kappa shape index (κ2) is 9.90. The zero-order chi connectivity index (χ0) is 7.07. The summed E-state index contributed by atoms with van der Waals surface area (Å²) < 4.78 is 0. The van der Waals surface area contributed by atoms with Crippen LogP contribution in [0.25, 0.3) is 0 Å². The van der Waals surface area contributed by atoms with Gasteiger partial charge >= 0.3 is 17.1 Å². The molecule has 2 aromatic rings. The van der Waals surface area contributed by atoms with Gasteiger partial charge in [-0.25, -0.2) is 0 Å². The predicted octanol–water partition coefficient (Wildman–Crippen LogP) is -0.750. The van der Waals surface area contributed by atoms with Crippen LogP contribution in [0.2, 0.25) is 0 Å². The van der Waals surface area contributed by atoms with Gasteiger partial charge in [-0.2, -0.15) is 0 Å². The molecule has 0 amide bonds. The van der Waals surface area contributed by atoms with Gasteiger partial charge in [0, 0.05) is 0 Å². The molecule has 2 aromatic heterocycles. The van der Waals surface area contributed by atoms with Crippen molar-refractivity contribution >= 4 is 0 Å². The Balaban J connectivity index is 0. The molecular formula is C6H8CuN4O. The fraction of sp³-hybridized carbons (Fsp3) is 0. The molecule has 12 heavy (non-hydrogen) atoms. The van der Waals surface area contributed by atoms with E-state index in [-0.39, 0.29) is 22.5 Å². The summed E-state index contributed by atoms with van der Waals surface area (Å²) in [6.45, 7) is 0. The number of imidazole rings is 2. The molecule has 2 N–H and O–H groups in total. The average molecular weight is 216 g/mol. The third kappa shape index (κ3) is 7.01. The van der Waals surface area contributed by atoms with Crippen LogP contribution in [0.4, 0.5) is 0 Å². The summed E-state index contributed by atoms with van der Waals surface area (Å²) in [6, 6.07) is 0. The van der Waals surface area contributed by atoms with E-state index in [0.29, 0.717) is 0 Å². The fourth-order valence-electron chi connectivity index (χ4n) is 0.385. The van der Waals surface area contributed by atoms with Crippen molar-refractivity contribution in [2.24, 2.45) is 0 Å². The van der Waals surface area contributed by atoms with Gasteiger partial charge in [0.1, 0.15) is 0 Å². The normalized spacial score (nSPS) is 6.67. The number of hydrogen-bond donors (Lipinski definition) is 0. The van der Waals surface area contributed by atoms with Gasteiger partial charge in [-0.1, -0.05) is 37.4 Å². The van der Waals surface area contributed by atoms with Crippen LogP contribution in [-0.4, -0.2) is 15.4 Å². The standard InChI is InChI=1S/2C3H3N2.Cu.H2O/c2*1-2-5-3-4-1;;/h2*1-3H;;1H2/q2*-1;+2;. The molecule has 0 aliphatic heterocycles. The minimum atomic E-state index is 0. The first-order valence-electron chi connectivity index (χ1n) is 2.73. The van der Waals surface area contributed by atoms with Gasteiger partial charge in [-0.15, -0.1) is 0 Å². The number of rotatable bonds is 0. The summed E-state index contributed by atoms with van der Waals surface area (Å²) in [6.07, 6.45) is 9.56. The van der Waals surface area contributed by atoms with E-state index < -0.39 is 0 Å². The van der Waals surface area contributed by atoms with Crippen LogP contribution in [0.5, 0.6) is 0 Å². The summed E-state index contributed by atoms with van der Waals surface area (Å²) in [4.78, 5) is 14.4. The Kier molecular flexibility index (Phi) is 11.1. The van der Waals surface area contributed by atoms with Crippen molar-refractivity contribution in [1.82, 2.24) is 19.9 Å². The smallest absolute Gasteiger partial charge is 0.450 e. The number of hydrogen-bond acceptors (Lipinski definition) is 2. The second-order valence-corrected chi connectivity index (χ2v) is 1.42. The van der Waals surface area contributed by atoms with E-state index in [9.17, 15) is 0 Å². The summed E-state index contributed by atoms with van der Waals surface area (Å²) in [7, 11) is 0. The third-order valence-electron chi connectivity index (χ3n) is 0.744. The molecule has 0 unspecified atom stereocenters. The maximum atomic E-state index is 3.61. The van der Waals surface area contributed by atoms with Crippen molar-refractivity contribution in [2.75, 3.05) is 0 Å². The van der Waals surface area contributed by atoms with Gasteiger partial charge in [-0.3, -0.25) is 0 Å². The molecule has 0 bridgehead atoms. The third-order valence-corrected chi connectivity index (χ3v) is 0.744. The number of aromatic nitrogens is 4. The molecule has 0 saturated carbocycles. The van der Waals surface area contributed by atoms with E-state index >= 15 is 0 Å². The Morgan fingerprint density at radius 3 is 1.33 bits per heavy atom. The van der Waals surface area contributed by atoms with Crippen LogP contribution in [0, 0.1) is 0 Å². The first kappa shape index (κ1) is 13.5. The van der Waals surface area contributed by atoms with Crippen molar-refractivity contribution in [3.8, 4) is 0 Å². The van der Waals surface area contributed by atoms with Crippen LogP contribution >= 0.6 is 0 Å². The van der Waals surface area contributed by atoms with Gasteiger partial charge in [0.25, 0.3) is 0 Å². The van der Waals surface area contributed by atoms with Gasteiger partial charge in [0.2, 0.25) is 0 Å². The van der Waals surface area contributed by atoms with Crippen LogP contribution in [0.3, 0.4) is 0 Å². The molecule has 0 spiro atoms. The molecule has 0 saturated heterocycles. The molecule has 0 fully saturated rings. The molecular weight excluding hydrogens is 208 g/mol. The maximum absolute atomic E-state index is 3.61. The molecule has 69 valence electrons. The minimum absolute atomic E-state index is 0. The van der Waals surface area contributed by atoms with E-state index in [4.69, 9.17) is 0 Å². The largest absolute Gasteiger partial charge is 2.00 e. The van der Waals surface area contributed by atoms with E-state index in [1.54, 1.807) is 24.8 Å². The molecule has 6 heteroatoms. The SMILES string of the molecule is O.[Cu+2].c1c[n-]cn1.c1c[n-]cn1. The molecule has 0 aliphatic carbocycles. The van der Waals surface area contributed by atoms with E-state index in [0.717, 1.165) is 0 Å². The monoisotopic (exact) mass is 215 g/mol. The molecule has 0 aliphatic rings. The van der Waals surface area contributed by atoms with Gasteiger partial charge in [-0.05, 0) is 0 Å². The second-order valence-electron chi connectivity index (χ2n) is 1.42. The van der Waals surface area contributed by atoms with Crippen LogP contribution in [-0.2, 0) is 17.1 Å². The van der Waals surface area contributed by atoms with Crippen molar-refractivity contribution in [3.05, 3.63) is 37.4 Å². The fourth-order valence-corrected chi connectivity index (χ4v) is 0.385. The molecule has 0 aromatic carbocycles. The summed E-state index contributed by atoms with van der Waals surface area (Å²) >= 11 is 0. The van der Waals surface area contributed by atoms with Gasteiger partial charge in [0.15, 0.2) is 0 Å². The van der Waals surface area contributed by atoms with Crippen molar-refractivity contribution in [3.63, 3.8) is 0 Å². The van der Waals surface area contributed by atoms with Crippen LogP contribution in [0.1, 0.15) is 0 Å². The minimum Gasteiger partial charge on any atom is -0.450 e. The maximum Gasteiger partial charge on any atom is 2.00 e. The Labute approximate surface area is 80.4 Å². The molecule has 1 radical (unpaired) electrons. The van der Waals surface area contributed by atoms with Crippen molar-refractivity contribution in [2.45, 2.75) is 0 Å². The first-order valence-corrected chi connectivity index (χ1v) is 2.73. The van der Waals surface area contributed by atoms with E-state index in [2.05, 4.69) is 19.9 Å². The zero-order valence-corrected chi connectivity index (χ0v) is 7.00. The van der Waals surface area contributed by atoms with Crippen LogP contribution < -0.4 is 9.97 Å². The summed E-state index contributed by atoms with van der Waals surface area (Å²) in [5.41, 5.74) is 0. The predicted molar refractivity (Wildman–Crippen MR) is 38.7 cm³/mol. The van der Waals surface area contributed by atoms with Crippen molar-refractivity contribution in [1.29, 1.82) is 0 Å². The Hall–Kier alpha value is -1.10. The van der Waals surface area contributed by atoms with E-state index in [1.165, 1.54) is 12.7 Å². The molecule has 5 nitrogen and oxygen atoms in total. The van der Waals surface area contributed by atoms with Crippen LogP contribution in [0.15, 0.2) is 37.4 Å². The topological polar surface area (TPSA) is 85.5 Å². The molecule has 2 rings (SSSR count).